The molecule has 0 radical (unpaired) electrons. The van der Waals surface area contributed by atoms with E-state index in [1.807, 2.05) is 35.8 Å². The molecule has 3 saturated heterocycles. The number of urea groups is 1. The van der Waals surface area contributed by atoms with Crippen LogP contribution >= 0.6 is 11.6 Å². The van der Waals surface area contributed by atoms with E-state index in [0.717, 1.165) is 21.8 Å². The highest BCUT2D eigenvalue weighted by molar-refractivity contribution is 6.33. The standard InChI is InChI=1S/C27H32ClN7O4/c1-26(2)15-35(12-22(36)34-7-4-27(5-8-34)14-30-25(38)33-27)21(13-39-26)24(37)32-19-10-16(28)9-18-17-3-6-29-11-20(17)31-23(18)19/h3,6,9-11,21,31H,4-5,7-8,12-15H2,1-2H3,(H,32,37)(H2,30,33,38)/t21-/m0/s1. The fourth-order valence-corrected chi connectivity index (χ4v) is 6.15. The Hall–Kier alpha value is -3.41. The van der Waals surface area contributed by atoms with Crippen molar-refractivity contribution < 1.29 is 19.1 Å². The number of piperidine rings is 1. The third kappa shape index (κ3) is 5.02. The van der Waals surface area contributed by atoms with Crippen molar-refractivity contribution in [3.8, 4) is 0 Å². The van der Waals surface area contributed by atoms with Gasteiger partial charge in [-0.3, -0.25) is 19.5 Å². The van der Waals surface area contributed by atoms with E-state index in [9.17, 15) is 14.4 Å². The Labute approximate surface area is 230 Å². The van der Waals surface area contributed by atoms with E-state index in [1.54, 1.807) is 18.5 Å². The maximum atomic E-state index is 13.6. The van der Waals surface area contributed by atoms with E-state index in [0.29, 0.717) is 49.7 Å². The average molecular weight is 554 g/mol. The number of anilines is 1. The molecule has 3 fully saturated rings. The van der Waals surface area contributed by atoms with Crippen LogP contribution < -0.4 is 16.0 Å². The number of fused-ring (bicyclic) bond motifs is 3. The lowest BCUT2D eigenvalue weighted by molar-refractivity contribution is -0.150. The summed E-state index contributed by atoms with van der Waals surface area (Å²) in [6.07, 6.45) is 4.84. The number of nitrogens with zero attached hydrogens (tertiary/aromatic N) is 3. The highest BCUT2D eigenvalue weighted by atomic mass is 35.5. The summed E-state index contributed by atoms with van der Waals surface area (Å²) in [7, 11) is 0. The van der Waals surface area contributed by atoms with Crippen LogP contribution in [0.3, 0.4) is 0 Å². The molecule has 0 unspecified atom stereocenters. The molecule has 3 aliphatic heterocycles. The van der Waals surface area contributed by atoms with Crippen LogP contribution in [0.1, 0.15) is 26.7 Å². The van der Waals surface area contributed by atoms with Gasteiger partial charge in [0.1, 0.15) is 6.04 Å². The number of ether oxygens (including phenoxy) is 1. The van der Waals surface area contributed by atoms with Gasteiger partial charge in [0.05, 0.1) is 47.2 Å². The SMILES string of the molecule is CC1(C)CN(CC(=O)N2CCC3(CC2)CNC(=O)N3)[C@H](C(=O)Nc2cc(Cl)cc3c2[nH]c2cnccc23)CO1. The summed E-state index contributed by atoms with van der Waals surface area (Å²) in [5.41, 5.74) is 1.38. The van der Waals surface area contributed by atoms with Gasteiger partial charge in [-0.1, -0.05) is 11.6 Å². The zero-order chi connectivity index (χ0) is 27.4. The van der Waals surface area contributed by atoms with Crippen molar-refractivity contribution in [2.75, 3.05) is 44.6 Å². The van der Waals surface area contributed by atoms with Gasteiger partial charge in [0, 0.05) is 48.2 Å². The molecule has 4 N–H and O–H groups in total. The Balaban J connectivity index is 1.19. The Bertz CT molecular complexity index is 1460. The van der Waals surface area contributed by atoms with Crippen molar-refractivity contribution in [3.63, 3.8) is 0 Å². The molecule has 12 heteroatoms. The van der Waals surface area contributed by atoms with Crippen molar-refractivity contribution in [3.05, 3.63) is 35.6 Å². The van der Waals surface area contributed by atoms with E-state index < -0.39 is 11.6 Å². The van der Waals surface area contributed by atoms with Crippen molar-refractivity contribution in [2.45, 2.75) is 43.9 Å². The predicted molar refractivity (Wildman–Crippen MR) is 148 cm³/mol. The number of nitrogens with one attached hydrogen (secondary N) is 4. The number of morpholine rings is 1. The van der Waals surface area contributed by atoms with Crippen LogP contribution in [0.2, 0.25) is 5.02 Å². The van der Waals surface area contributed by atoms with E-state index in [2.05, 4.69) is 25.9 Å². The zero-order valence-corrected chi connectivity index (χ0v) is 22.7. The van der Waals surface area contributed by atoms with Crippen LogP contribution in [0, 0.1) is 0 Å². The molecular formula is C27H32ClN7O4. The first-order chi connectivity index (χ1) is 18.6. The minimum absolute atomic E-state index is 0.0362. The van der Waals surface area contributed by atoms with Gasteiger partial charge < -0.3 is 30.6 Å². The molecule has 11 nitrogen and oxygen atoms in total. The lowest BCUT2D eigenvalue weighted by Crippen LogP contribution is -2.61. The fourth-order valence-electron chi connectivity index (χ4n) is 5.93. The van der Waals surface area contributed by atoms with Crippen LogP contribution in [0.25, 0.3) is 21.8 Å². The van der Waals surface area contributed by atoms with Gasteiger partial charge >= 0.3 is 6.03 Å². The van der Waals surface area contributed by atoms with Crippen LogP contribution in [-0.2, 0) is 14.3 Å². The molecule has 5 heterocycles. The molecule has 6 rings (SSSR count). The van der Waals surface area contributed by atoms with Crippen LogP contribution in [0.5, 0.6) is 0 Å². The number of aromatic nitrogens is 2. The Morgan fingerprint density at radius 2 is 2.03 bits per heavy atom. The van der Waals surface area contributed by atoms with Gasteiger partial charge in [-0.15, -0.1) is 0 Å². The second-order valence-electron chi connectivity index (χ2n) is 11.4. The first-order valence-electron chi connectivity index (χ1n) is 13.2. The second kappa shape index (κ2) is 9.65. The summed E-state index contributed by atoms with van der Waals surface area (Å²) in [5, 5.41) is 11.2. The van der Waals surface area contributed by atoms with Crippen molar-refractivity contribution in [1.29, 1.82) is 0 Å². The first-order valence-corrected chi connectivity index (χ1v) is 13.6. The van der Waals surface area contributed by atoms with Crippen LogP contribution in [-0.4, -0.2) is 94.1 Å². The molecule has 0 bridgehead atoms. The normalized spacial score (nSPS) is 22.7. The molecule has 1 aromatic carbocycles. The Morgan fingerprint density at radius 1 is 1.23 bits per heavy atom. The van der Waals surface area contributed by atoms with Crippen molar-refractivity contribution in [2.24, 2.45) is 0 Å². The molecular weight excluding hydrogens is 522 g/mol. The van der Waals surface area contributed by atoms with Gasteiger partial charge in [-0.25, -0.2) is 4.79 Å². The molecule has 3 aromatic rings. The third-order valence-electron chi connectivity index (χ3n) is 8.07. The third-order valence-corrected chi connectivity index (χ3v) is 8.29. The monoisotopic (exact) mass is 553 g/mol. The van der Waals surface area contributed by atoms with Crippen molar-refractivity contribution in [1.82, 2.24) is 30.4 Å². The maximum Gasteiger partial charge on any atom is 0.315 e. The summed E-state index contributed by atoms with van der Waals surface area (Å²) in [5.74, 6) is -0.304. The molecule has 1 atom stereocenters. The number of halogens is 1. The van der Waals surface area contributed by atoms with Gasteiger partial charge in [0.15, 0.2) is 0 Å². The summed E-state index contributed by atoms with van der Waals surface area (Å²) in [4.78, 5) is 49.9. The number of rotatable bonds is 4. The number of carbonyl (C=O) groups excluding carboxylic acids is 3. The lowest BCUT2D eigenvalue weighted by Gasteiger charge is -2.44. The van der Waals surface area contributed by atoms with Gasteiger partial charge in [-0.2, -0.15) is 0 Å². The van der Waals surface area contributed by atoms with E-state index in [1.165, 1.54) is 0 Å². The average Bonchev–Trinajstić information content (AvgIpc) is 3.44. The predicted octanol–water partition coefficient (Wildman–Crippen LogP) is 2.46. The number of carbonyl (C=O) groups is 3. The number of H-pyrrole nitrogens is 1. The Kier molecular flexibility index (Phi) is 6.40. The lowest BCUT2D eigenvalue weighted by atomic mass is 9.88. The quantitative estimate of drug-likeness (QED) is 0.392. The van der Waals surface area contributed by atoms with Crippen LogP contribution in [0.4, 0.5) is 10.5 Å². The van der Waals surface area contributed by atoms with Gasteiger partial charge in [-0.05, 0) is 44.9 Å². The van der Waals surface area contributed by atoms with E-state index >= 15 is 0 Å². The molecule has 0 saturated carbocycles. The van der Waals surface area contributed by atoms with Gasteiger partial charge in [0.2, 0.25) is 11.8 Å². The summed E-state index contributed by atoms with van der Waals surface area (Å²) in [6.45, 7) is 6.30. The molecule has 39 heavy (non-hydrogen) atoms. The number of pyridine rings is 1. The van der Waals surface area contributed by atoms with Crippen molar-refractivity contribution >= 4 is 56.9 Å². The molecule has 0 aliphatic carbocycles. The zero-order valence-electron chi connectivity index (χ0n) is 22.0. The Morgan fingerprint density at radius 3 is 2.77 bits per heavy atom. The highest BCUT2D eigenvalue weighted by Crippen LogP contribution is 2.34. The first kappa shape index (κ1) is 25.8. The minimum atomic E-state index is -0.656. The number of hydrogen-bond acceptors (Lipinski definition) is 6. The summed E-state index contributed by atoms with van der Waals surface area (Å²) in [6, 6.07) is 4.67. The minimum Gasteiger partial charge on any atom is -0.372 e. The number of aromatic amines is 1. The molecule has 4 amide bonds. The molecule has 2 aromatic heterocycles. The number of hydrogen-bond donors (Lipinski definition) is 4. The second-order valence-corrected chi connectivity index (χ2v) is 11.8. The molecule has 1 spiro atoms. The summed E-state index contributed by atoms with van der Waals surface area (Å²) < 4.78 is 6.01. The van der Waals surface area contributed by atoms with E-state index in [-0.39, 0.29) is 36.5 Å². The number of amides is 4. The molecule has 3 aliphatic rings. The fraction of sp³-hybridized carbons (Fsp3) is 0.481. The molecule has 206 valence electrons. The highest BCUT2D eigenvalue weighted by Gasteiger charge is 2.43. The maximum absolute atomic E-state index is 13.6. The largest absolute Gasteiger partial charge is 0.372 e. The van der Waals surface area contributed by atoms with E-state index in [4.69, 9.17) is 16.3 Å². The number of benzene rings is 1. The van der Waals surface area contributed by atoms with Crippen LogP contribution in [0.15, 0.2) is 30.6 Å². The number of likely N-dealkylation sites (tertiary alicyclic amines) is 1. The summed E-state index contributed by atoms with van der Waals surface area (Å²) >= 11 is 6.43. The smallest absolute Gasteiger partial charge is 0.315 e. The topological polar surface area (TPSA) is 132 Å². The van der Waals surface area contributed by atoms with Gasteiger partial charge in [0.25, 0.3) is 0 Å².